The van der Waals surface area contributed by atoms with E-state index in [0.717, 1.165) is 12.1 Å². The second-order valence-electron chi connectivity index (χ2n) is 3.83. The lowest BCUT2D eigenvalue weighted by Gasteiger charge is -2.23. The lowest BCUT2D eigenvalue weighted by molar-refractivity contribution is -0.0632. The molecule has 1 aliphatic rings. The smallest absolute Gasteiger partial charge is 0.365 e. The molecular weight excluding hydrogens is 259 g/mol. The summed E-state index contributed by atoms with van der Waals surface area (Å²) in [6.45, 7) is 0. The second-order valence-corrected chi connectivity index (χ2v) is 3.83. The van der Waals surface area contributed by atoms with Crippen LogP contribution in [0.3, 0.4) is 0 Å². The molecule has 2 rings (SSSR count). The summed E-state index contributed by atoms with van der Waals surface area (Å²) in [5, 5.41) is 12.8. The van der Waals surface area contributed by atoms with E-state index < -0.39 is 41.2 Å². The van der Waals surface area contributed by atoms with Gasteiger partial charge in [-0.25, -0.2) is 8.78 Å². The van der Waals surface area contributed by atoms with Crippen molar-refractivity contribution in [2.24, 2.45) is 5.10 Å². The van der Waals surface area contributed by atoms with E-state index >= 15 is 0 Å². The van der Waals surface area contributed by atoms with Crippen LogP contribution in [0.5, 0.6) is 0 Å². The van der Waals surface area contributed by atoms with Crippen LogP contribution >= 0.6 is 0 Å². The fourth-order valence-electron chi connectivity index (χ4n) is 1.61. The maximum absolute atomic E-state index is 13.4. The minimum atomic E-state index is -4.73. The van der Waals surface area contributed by atoms with Gasteiger partial charge in [0.2, 0.25) is 0 Å². The number of alkyl halides is 3. The van der Waals surface area contributed by atoms with Crippen LogP contribution in [0.2, 0.25) is 0 Å². The number of nitrogens with one attached hydrogen (secondary N) is 1. The molecule has 0 fully saturated rings. The van der Waals surface area contributed by atoms with Crippen LogP contribution < -0.4 is 5.43 Å². The molecular formula is C10H7F5N2O. The van der Waals surface area contributed by atoms with Crippen LogP contribution in [-0.4, -0.2) is 17.0 Å². The molecule has 0 aliphatic carbocycles. The molecule has 1 aromatic carbocycles. The first kappa shape index (κ1) is 12.7. The van der Waals surface area contributed by atoms with Crippen molar-refractivity contribution in [2.45, 2.75) is 18.3 Å². The number of hydrogen-bond donors (Lipinski definition) is 2. The fraction of sp³-hybridized carbons (Fsp3) is 0.300. The highest BCUT2D eigenvalue weighted by atomic mass is 19.4. The van der Waals surface area contributed by atoms with Gasteiger partial charge in [-0.05, 0) is 18.2 Å². The number of aliphatic hydroxyl groups is 1. The van der Waals surface area contributed by atoms with Gasteiger partial charge in [0.15, 0.2) is 5.72 Å². The van der Waals surface area contributed by atoms with Gasteiger partial charge in [0.25, 0.3) is 0 Å². The number of benzene rings is 1. The maximum atomic E-state index is 13.4. The molecule has 0 spiro atoms. The largest absolute Gasteiger partial charge is 0.431 e. The maximum Gasteiger partial charge on any atom is 0.431 e. The van der Waals surface area contributed by atoms with Gasteiger partial charge in [-0.1, -0.05) is 0 Å². The first-order valence-electron chi connectivity index (χ1n) is 4.81. The molecule has 8 heteroatoms. The van der Waals surface area contributed by atoms with E-state index in [0.29, 0.717) is 6.07 Å². The SMILES string of the molecule is OC1(c2cc(F)ccc2F)CC(C(F)(F)F)=NN1. The highest BCUT2D eigenvalue weighted by Crippen LogP contribution is 2.34. The summed E-state index contributed by atoms with van der Waals surface area (Å²) in [6, 6.07) is 2.13. The Hall–Kier alpha value is -1.70. The van der Waals surface area contributed by atoms with Crippen molar-refractivity contribution >= 4 is 5.71 Å². The lowest BCUT2D eigenvalue weighted by Crippen LogP contribution is -2.37. The summed E-state index contributed by atoms with van der Waals surface area (Å²) < 4.78 is 63.4. The predicted octanol–water partition coefficient (Wildman–Crippen LogP) is 2.02. The molecule has 1 heterocycles. The minimum absolute atomic E-state index is 0.620. The third-order valence-electron chi connectivity index (χ3n) is 2.50. The van der Waals surface area contributed by atoms with Crippen molar-refractivity contribution in [3.63, 3.8) is 0 Å². The molecule has 98 valence electrons. The topological polar surface area (TPSA) is 44.6 Å². The summed E-state index contributed by atoms with van der Waals surface area (Å²) >= 11 is 0. The Labute approximate surface area is 97.9 Å². The fourth-order valence-corrected chi connectivity index (χ4v) is 1.61. The summed E-state index contributed by atoms with van der Waals surface area (Å²) in [6.07, 6.45) is -5.72. The highest BCUT2D eigenvalue weighted by molar-refractivity contribution is 5.91. The number of halogens is 5. The van der Waals surface area contributed by atoms with E-state index in [-0.39, 0.29) is 0 Å². The summed E-state index contributed by atoms with van der Waals surface area (Å²) in [5.74, 6) is -1.90. The molecule has 0 saturated carbocycles. The Balaban J connectivity index is 2.34. The van der Waals surface area contributed by atoms with Crippen LogP contribution in [0.25, 0.3) is 0 Å². The van der Waals surface area contributed by atoms with E-state index in [9.17, 15) is 27.1 Å². The standard InChI is InChI=1S/C10H7F5N2O/c11-5-1-2-7(12)6(3-5)9(18)4-8(16-17-9)10(13,14)15/h1-3,17-18H,4H2. The van der Waals surface area contributed by atoms with Crippen molar-refractivity contribution in [1.82, 2.24) is 5.43 Å². The quantitative estimate of drug-likeness (QED) is 0.764. The van der Waals surface area contributed by atoms with Crippen LogP contribution in [0, 0.1) is 11.6 Å². The van der Waals surface area contributed by atoms with Gasteiger partial charge in [-0.15, -0.1) is 0 Å². The van der Waals surface area contributed by atoms with Crippen molar-refractivity contribution < 1.29 is 27.1 Å². The Morgan fingerprint density at radius 1 is 1.28 bits per heavy atom. The number of hydrazone groups is 1. The van der Waals surface area contributed by atoms with Gasteiger partial charge in [0, 0.05) is 5.56 Å². The zero-order chi connectivity index (χ0) is 13.6. The summed E-state index contributed by atoms with van der Waals surface area (Å²) in [5.41, 5.74) is -2.50. The van der Waals surface area contributed by atoms with Crippen LogP contribution in [0.1, 0.15) is 12.0 Å². The minimum Gasteiger partial charge on any atom is -0.365 e. The second kappa shape index (κ2) is 3.91. The highest BCUT2D eigenvalue weighted by Gasteiger charge is 2.47. The van der Waals surface area contributed by atoms with Crippen LogP contribution in [0.15, 0.2) is 23.3 Å². The summed E-state index contributed by atoms with van der Waals surface area (Å²) in [7, 11) is 0. The predicted molar refractivity (Wildman–Crippen MR) is 51.5 cm³/mol. The Bertz CT molecular complexity index is 513. The lowest BCUT2D eigenvalue weighted by atomic mass is 9.97. The van der Waals surface area contributed by atoms with Crippen molar-refractivity contribution in [3.05, 3.63) is 35.4 Å². The van der Waals surface area contributed by atoms with Crippen molar-refractivity contribution in [3.8, 4) is 0 Å². The average molecular weight is 266 g/mol. The third-order valence-corrected chi connectivity index (χ3v) is 2.50. The first-order valence-corrected chi connectivity index (χ1v) is 4.81. The Morgan fingerprint density at radius 2 is 1.94 bits per heavy atom. The third kappa shape index (κ3) is 2.15. The molecule has 1 aromatic rings. The Morgan fingerprint density at radius 3 is 2.50 bits per heavy atom. The van der Waals surface area contributed by atoms with Gasteiger partial charge in [0.05, 0.1) is 6.42 Å². The molecule has 0 radical (unpaired) electrons. The van der Waals surface area contributed by atoms with E-state index in [4.69, 9.17) is 0 Å². The van der Waals surface area contributed by atoms with E-state index in [1.807, 2.05) is 0 Å². The van der Waals surface area contributed by atoms with Crippen LogP contribution in [0.4, 0.5) is 22.0 Å². The number of hydrogen-bond acceptors (Lipinski definition) is 3. The first-order chi connectivity index (χ1) is 8.22. The van der Waals surface area contributed by atoms with Crippen LogP contribution in [-0.2, 0) is 5.72 Å². The molecule has 0 bridgehead atoms. The summed E-state index contributed by atoms with van der Waals surface area (Å²) in [4.78, 5) is 0. The van der Waals surface area contributed by atoms with Crippen molar-refractivity contribution in [2.75, 3.05) is 0 Å². The molecule has 3 nitrogen and oxygen atoms in total. The molecule has 1 unspecified atom stereocenters. The number of nitrogens with zero attached hydrogens (tertiary/aromatic N) is 1. The molecule has 0 saturated heterocycles. The monoisotopic (exact) mass is 266 g/mol. The molecule has 0 aromatic heterocycles. The van der Waals surface area contributed by atoms with E-state index in [1.165, 1.54) is 0 Å². The molecule has 1 aliphatic heterocycles. The molecule has 18 heavy (non-hydrogen) atoms. The van der Waals surface area contributed by atoms with Gasteiger partial charge < -0.3 is 5.11 Å². The van der Waals surface area contributed by atoms with Gasteiger partial charge in [0.1, 0.15) is 17.3 Å². The van der Waals surface area contributed by atoms with Gasteiger partial charge in [-0.2, -0.15) is 18.3 Å². The molecule has 2 N–H and O–H groups in total. The normalized spacial score (nSPS) is 23.8. The number of rotatable bonds is 1. The van der Waals surface area contributed by atoms with Gasteiger partial charge in [-0.3, -0.25) is 5.43 Å². The average Bonchev–Trinajstić information content (AvgIpc) is 2.65. The van der Waals surface area contributed by atoms with Gasteiger partial charge >= 0.3 is 6.18 Å². The molecule has 1 atom stereocenters. The Kier molecular flexibility index (Phi) is 2.77. The zero-order valence-electron chi connectivity index (χ0n) is 8.72. The van der Waals surface area contributed by atoms with Crippen molar-refractivity contribution in [1.29, 1.82) is 0 Å². The van der Waals surface area contributed by atoms with E-state index in [1.54, 1.807) is 5.43 Å². The molecule has 0 amide bonds. The zero-order valence-corrected chi connectivity index (χ0v) is 8.72. The van der Waals surface area contributed by atoms with E-state index in [2.05, 4.69) is 5.10 Å².